The Bertz CT molecular complexity index is 1030. The van der Waals surface area contributed by atoms with Gasteiger partial charge in [-0.15, -0.1) is 0 Å². The summed E-state index contributed by atoms with van der Waals surface area (Å²) in [5.41, 5.74) is -0.217. The van der Waals surface area contributed by atoms with Gasteiger partial charge in [-0.2, -0.15) is 4.98 Å². The lowest BCUT2D eigenvalue weighted by Gasteiger charge is -2.31. The number of benzene rings is 2. The van der Waals surface area contributed by atoms with Crippen LogP contribution in [0, 0.1) is 23.3 Å². The summed E-state index contributed by atoms with van der Waals surface area (Å²) in [4.78, 5) is 18.2. The summed E-state index contributed by atoms with van der Waals surface area (Å²) < 4.78 is 59.4. The molecule has 0 saturated carbocycles. The van der Waals surface area contributed by atoms with Gasteiger partial charge < -0.3 is 9.42 Å². The van der Waals surface area contributed by atoms with Crippen LogP contribution in [-0.2, 0) is 0 Å². The summed E-state index contributed by atoms with van der Waals surface area (Å²) in [5, 5.41) is 3.88. The second-order valence-corrected chi connectivity index (χ2v) is 6.80. The molecule has 9 heteroatoms. The number of likely N-dealkylation sites (tertiary alicyclic amines) is 1. The van der Waals surface area contributed by atoms with Gasteiger partial charge in [-0.25, -0.2) is 17.6 Å². The molecule has 1 aromatic heterocycles. The van der Waals surface area contributed by atoms with Crippen LogP contribution in [0.3, 0.4) is 0 Å². The van der Waals surface area contributed by atoms with Gasteiger partial charge in [-0.05, 0) is 37.1 Å². The molecule has 1 fully saturated rings. The van der Waals surface area contributed by atoms with Gasteiger partial charge in [0.05, 0.1) is 5.92 Å². The number of rotatable bonds is 3. The van der Waals surface area contributed by atoms with Crippen LogP contribution >= 0.6 is 0 Å². The first kappa shape index (κ1) is 19.1. The molecule has 0 spiro atoms. The molecule has 150 valence electrons. The lowest BCUT2D eigenvalue weighted by molar-refractivity contribution is 0.0685. The molecule has 0 unspecified atom stereocenters. The van der Waals surface area contributed by atoms with Crippen molar-refractivity contribution in [1.29, 1.82) is 0 Å². The van der Waals surface area contributed by atoms with Crippen LogP contribution in [0.25, 0.3) is 11.4 Å². The predicted octanol–water partition coefficient (Wildman–Crippen LogP) is 4.31. The molecule has 1 aliphatic heterocycles. The van der Waals surface area contributed by atoms with Crippen LogP contribution < -0.4 is 0 Å². The molecular weight excluding hydrogens is 390 g/mol. The lowest BCUT2D eigenvalue weighted by atomic mass is 9.97. The molecule has 0 aliphatic carbocycles. The fourth-order valence-corrected chi connectivity index (χ4v) is 3.39. The van der Waals surface area contributed by atoms with E-state index in [1.165, 1.54) is 29.2 Å². The highest BCUT2D eigenvalue weighted by Gasteiger charge is 2.31. The second kappa shape index (κ2) is 7.65. The highest BCUT2D eigenvalue weighted by Crippen LogP contribution is 2.29. The Hall–Kier alpha value is -3.23. The van der Waals surface area contributed by atoms with Crippen LogP contribution in [0.1, 0.15) is 35.0 Å². The summed E-state index contributed by atoms with van der Waals surface area (Å²) in [6.07, 6.45) is 1.21. The molecule has 5 nitrogen and oxygen atoms in total. The van der Waals surface area contributed by atoms with Crippen molar-refractivity contribution in [3.63, 3.8) is 0 Å². The van der Waals surface area contributed by atoms with Crippen LogP contribution in [0.15, 0.2) is 40.9 Å². The van der Waals surface area contributed by atoms with Crippen LogP contribution in [0.2, 0.25) is 0 Å². The van der Waals surface area contributed by atoms with E-state index in [-0.39, 0.29) is 30.0 Å². The summed E-state index contributed by atoms with van der Waals surface area (Å²) >= 11 is 0. The Morgan fingerprint density at radius 3 is 2.41 bits per heavy atom. The van der Waals surface area contributed by atoms with E-state index in [0.717, 1.165) is 0 Å². The predicted molar refractivity (Wildman–Crippen MR) is 93.9 cm³/mol. The minimum absolute atomic E-state index is 0.125. The van der Waals surface area contributed by atoms with E-state index in [1.54, 1.807) is 0 Å². The standard InChI is InChI=1S/C20H15F4N3O2/c21-13-5-3-11(4-6-13)18-25-19(29-26-18)12-2-1-7-27(10-12)20(28)17-15(23)8-14(22)9-16(17)24/h3-6,8-9,12H,1-2,7,10H2/t12-/m0/s1. The molecule has 0 bridgehead atoms. The molecule has 2 aromatic carbocycles. The number of carbonyl (C=O) groups is 1. The third-order valence-corrected chi connectivity index (χ3v) is 4.82. The molecule has 1 saturated heterocycles. The zero-order valence-electron chi connectivity index (χ0n) is 15.0. The third kappa shape index (κ3) is 3.85. The number of carbonyl (C=O) groups excluding carboxylic acids is 1. The minimum atomic E-state index is -1.24. The van der Waals surface area contributed by atoms with Gasteiger partial charge in [-0.1, -0.05) is 5.16 Å². The lowest BCUT2D eigenvalue weighted by Crippen LogP contribution is -2.40. The van der Waals surface area contributed by atoms with Crippen molar-refractivity contribution in [3.8, 4) is 11.4 Å². The fraction of sp³-hybridized carbons (Fsp3) is 0.250. The molecule has 0 radical (unpaired) electrons. The zero-order chi connectivity index (χ0) is 20.5. The number of nitrogens with zero attached hydrogens (tertiary/aromatic N) is 3. The van der Waals surface area contributed by atoms with Crippen molar-refractivity contribution in [2.24, 2.45) is 0 Å². The van der Waals surface area contributed by atoms with Crippen LogP contribution in [0.4, 0.5) is 17.6 Å². The second-order valence-electron chi connectivity index (χ2n) is 6.80. The van der Waals surface area contributed by atoms with Crippen LogP contribution in [0.5, 0.6) is 0 Å². The quantitative estimate of drug-likeness (QED) is 0.610. The highest BCUT2D eigenvalue weighted by atomic mass is 19.1. The van der Waals surface area contributed by atoms with E-state index in [0.29, 0.717) is 37.1 Å². The Morgan fingerprint density at radius 1 is 1.03 bits per heavy atom. The smallest absolute Gasteiger partial charge is 0.259 e. The van der Waals surface area contributed by atoms with E-state index in [1.807, 2.05) is 0 Å². The maximum atomic E-state index is 14.0. The Labute approximate surface area is 162 Å². The van der Waals surface area contributed by atoms with Gasteiger partial charge in [0, 0.05) is 30.8 Å². The van der Waals surface area contributed by atoms with Gasteiger partial charge in [0.2, 0.25) is 11.7 Å². The van der Waals surface area contributed by atoms with Gasteiger partial charge in [0.15, 0.2) is 0 Å². The van der Waals surface area contributed by atoms with Crippen molar-refractivity contribution in [2.45, 2.75) is 18.8 Å². The molecule has 29 heavy (non-hydrogen) atoms. The van der Waals surface area contributed by atoms with Crippen molar-refractivity contribution in [2.75, 3.05) is 13.1 Å². The average Bonchev–Trinajstić information content (AvgIpc) is 3.18. The first-order valence-corrected chi connectivity index (χ1v) is 8.95. The Kier molecular flexibility index (Phi) is 5.04. The van der Waals surface area contributed by atoms with Crippen molar-refractivity contribution in [3.05, 3.63) is 71.1 Å². The van der Waals surface area contributed by atoms with Crippen LogP contribution in [-0.4, -0.2) is 34.0 Å². The third-order valence-electron chi connectivity index (χ3n) is 4.82. The topological polar surface area (TPSA) is 59.2 Å². The average molecular weight is 405 g/mol. The first-order chi connectivity index (χ1) is 13.9. The Morgan fingerprint density at radius 2 is 1.72 bits per heavy atom. The molecular formula is C20H15F4N3O2. The van der Waals surface area contributed by atoms with Gasteiger partial charge in [-0.3, -0.25) is 4.79 Å². The van der Waals surface area contributed by atoms with E-state index in [4.69, 9.17) is 4.52 Å². The van der Waals surface area contributed by atoms with Crippen molar-refractivity contribution < 1.29 is 26.9 Å². The highest BCUT2D eigenvalue weighted by molar-refractivity contribution is 5.94. The minimum Gasteiger partial charge on any atom is -0.339 e. The number of hydrogen-bond donors (Lipinski definition) is 0. The molecule has 1 aliphatic rings. The van der Waals surface area contributed by atoms with Gasteiger partial charge >= 0.3 is 0 Å². The molecule has 2 heterocycles. The van der Waals surface area contributed by atoms with E-state index in [2.05, 4.69) is 10.1 Å². The molecule has 3 aromatic rings. The molecule has 1 atom stereocenters. The van der Waals surface area contributed by atoms with E-state index < -0.39 is 28.9 Å². The monoisotopic (exact) mass is 405 g/mol. The first-order valence-electron chi connectivity index (χ1n) is 8.95. The summed E-state index contributed by atoms with van der Waals surface area (Å²) in [6.45, 7) is 0.421. The number of halogens is 4. The number of aromatic nitrogens is 2. The van der Waals surface area contributed by atoms with Crippen molar-refractivity contribution >= 4 is 5.91 Å². The van der Waals surface area contributed by atoms with E-state index >= 15 is 0 Å². The number of amides is 1. The summed E-state index contributed by atoms with van der Waals surface area (Å²) in [7, 11) is 0. The zero-order valence-corrected chi connectivity index (χ0v) is 15.0. The molecule has 1 amide bonds. The summed E-state index contributed by atoms with van der Waals surface area (Å²) in [5.74, 6) is -4.59. The van der Waals surface area contributed by atoms with Gasteiger partial charge in [0.1, 0.15) is 28.8 Å². The summed E-state index contributed by atoms with van der Waals surface area (Å²) in [6, 6.07) is 6.53. The maximum absolute atomic E-state index is 14.0. The number of piperidine rings is 1. The fourth-order valence-electron chi connectivity index (χ4n) is 3.39. The molecule has 4 rings (SSSR count). The Balaban J connectivity index is 1.53. The van der Waals surface area contributed by atoms with Crippen molar-refractivity contribution in [1.82, 2.24) is 15.0 Å². The molecule has 0 N–H and O–H groups in total. The van der Waals surface area contributed by atoms with Gasteiger partial charge in [0.25, 0.3) is 5.91 Å². The number of hydrogen-bond acceptors (Lipinski definition) is 4. The largest absolute Gasteiger partial charge is 0.339 e. The SMILES string of the molecule is O=C(c1c(F)cc(F)cc1F)N1CCC[C@H](c2nc(-c3ccc(F)cc3)no2)C1. The van der Waals surface area contributed by atoms with E-state index in [9.17, 15) is 22.4 Å². The maximum Gasteiger partial charge on any atom is 0.259 e. The normalized spacial score (nSPS) is 16.8.